The van der Waals surface area contributed by atoms with Crippen molar-refractivity contribution >= 4 is 29.6 Å². The maximum absolute atomic E-state index is 5.72. The Balaban J connectivity index is 2.17. The fourth-order valence-corrected chi connectivity index (χ4v) is 1.63. The minimum absolute atomic E-state index is 0.226. The number of fused-ring (bicyclic) bond motifs is 1. The van der Waals surface area contributed by atoms with Crippen molar-refractivity contribution in [1.29, 1.82) is 0 Å². The van der Waals surface area contributed by atoms with E-state index in [1.165, 1.54) is 6.33 Å². The normalized spacial score (nSPS) is 13.4. The summed E-state index contributed by atoms with van der Waals surface area (Å²) in [6.07, 6.45) is 3.20. The third kappa shape index (κ3) is 2.50. The number of hydrogen-bond acceptors (Lipinski definition) is 6. The fraction of sp³-hybridized carbons (Fsp3) is 0.500. The summed E-state index contributed by atoms with van der Waals surface area (Å²) in [5, 5.41) is 0.226. The number of imidazole rings is 1. The highest BCUT2D eigenvalue weighted by Gasteiger charge is 2.09. The van der Waals surface area contributed by atoms with Gasteiger partial charge in [0.25, 0.3) is 0 Å². The first kappa shape index (κ1) is 12.1. The second-order valence-corrected chi connectivity index (χ2v) is 4.73. The maximum atomic E-state index is 5.72. The first-order valence-corrected chi connectivity index (χ1v) is 5.91. The largest absolute Gasteiger partial charge is 0.382 e. The summed E-state index contributed by atoms with van der Waals surface area (Å²) in [6, 6.07) is 0. The molecule has 0 spiro atoms. The Morgan fingerprint density at radius 3 is 2.94 bits per heavy atom. The van der Waals surface area contributed by atoms with E-state index in [4.69, 9.17) is 5.73 Å². The van der Waals surface area contributed by atoms with Crippen molar-refractivity contribution in [1.82, 2.24) is 24.4 Å². The molecule has 0 aliphatic carbocycles. The monoisotopic (exact) mass is 252 g/mol. The zero-order chi connectivity index (χ0) is 12.4. The van der Waals surface area contributed by atoms with Crippen LogP contribution in [0.25, 0.3) is 11.2 Å². The molecule has 0 saturated carbocycles. The summed E-state index contributed by atoms with van der Waals surface area (Å²) >= 11 is 4.37. The maximum Gasteiger partial charge on any atom is 0.165 e. The number of anilines is 1. The highest BCUT2D eigenvalue weighted by atomic mass is 32.1. The van der Waals surface area contributed by atoms with Crippen LogP contribution in [0.1, 0.15) is 6.92 Å². The summed E-state index contributed by atoms with van der Waals surface area (Å²) in [7, 11) is 2.03. The highest BCUT2D eigenvalue weighted by molar-refractivity contribution is 7.80. The van der Waals surface area contributed by atoms with Crippen molar-refractivity contribution in [3.8, 4) is 0 Å². The second-order valence-electron chi connectivity index (χ2n) is 3.98. The topological polar surface area (TPSA) is 72.9 Å². The lowest BCUT2D eigenvalue weighted by atomic mass is 10.4. The molecule has 0 amide bonds. The van der Waals surface area contributed by atoms with Crippen LogP contribution in [0, 0.1) is 0 Å². The number of rotatable bonds is 4. The van der Waals surface area contributed by atoms with E-state index in [-0.39, 0.29) is 5.37 Å². The molecule has 92 valence electrons. The van der Waals surface area contributed by atoms with Gasteiger partial charge in [-0.3, -0.25) is 4.90 Å². The van der Waals surface area contributed by atoms with Gasteiger partial charge in [0, 0.05) is 18.5 Å². The summed E-state index contributed by atoms with van der Waals surface area (Å²) < 4.78 is 1.97. The lowest BCUT2D eigenvalue weighted by Gasteiger charge is -2.20. The molecule has 17 heavy (non-hydrogen) atoms. The zero-order valence-corrected chi connectivity index (χ0v) is 10.8. The van der Waals surface area contributed by atoms with E-state index in [1.54, 1.807) is 6.33 Å². The van der Waals surface area contributed by atoms with E-state index in [2.05, 4.69) is 32.5 Å². The number of hydrogen-bond donors (Lipinski definition) is 2. The molecule has 2 N–H and O–H groups in total. The molecule has 0 aromatic carbocycles. The molecule has 2 aromatic heterocycles. The molecule has 0 fully saturated rings. The van der Waals surface area contributed by atoms with Gasteiger partial charge in [0.05, 0.1) is 6.33 Å². The molecule has 0 aliphatic heterocycles. The molecule has 2 aromatic rings. The molecule has 2 heterocycles. The van der Waals surface area contributed by atoms with E-state index in [9.17, 15) is 0 Å². The molecule has 1 atom stereocenters. The molecule has 0 saturated heterocycles. The van der Waals surface area contributed by atoms with Gasteiger partial charge in [-0.2, -0.15) is 12.6 Å². The van der Waals surface area contributed by atoms with Crippen LogP contribution in [0.5, 0.6) is 0 Å². The van der Waals surface area contributed by atoms with E-state index in [0.717, 1.165) is 18.7 Å². The molecular formula is C10H16N6S. The zero-order valence-electron chi connectivity index (χ0n) is 9.91. The Morgan fingerprint density at radius 2 is 2.24 bits per heavy atom. The molecule has 1 unspecified atom stereocenters. The standard InChI is InChI=1S/C10H16N6S/c1-7(17)15(2)3-4-16-6-14-8-9(11)12-5-13-10(8)16/h5-7,17H,3-4H2,1-2H3,(H2,11,12,13). The van der Waals surface area contributed by atoms with E-state index in [1.807, 2.05) is 18.5 Å². The van der Waals surface area contributed by atoms with Crippen LogP contribution in [-0.4, -0.2) is 43.4 Å². The van der Waals surface area contributed by atoms with Gasteiger partial charge in [0.1, 0.15) is 11.8 Å². The summed E-state index contributed by atoms with van der Waals surface area (Å²) in [6.45, 7) is 3.71. The summed E-state index contributed by atoms with van der Waals surface area (Å²) in [4.78, 5) is 14.5. The van der Waals surface area contributed by atoms with Crippen molar-refractivity contribution in [2.24, 2.45) is 0 Å². The molecular weight excluding hydrogens is 236 g/mol. The van der Waals surface area contributed by atoms with Crippen LogP contribution < -0.4 is 5.73 Å². The van der Waals surface area contributed by atoms with Gasteiger partial charge in [-0.05, 0) is 14.0 Å². The Labute approximate surface area is 105 Å². The first-order chi connectivity index (χ1) is 8.09. The lowest BCUT2D eigenvalue weighted by Crippen LogP contribution is -2.28. The summed E-state index contributed by atoms with van der Waals surface area (Å²) in [5.41, 5.74) is 7.16. The van der Waals surface area contributed by atoms with Crippen molar-refractivity contribution in [2.75, 3.05) is 19.3 Å². The Bertz CT molecular complexity index is 508. The number of thiol groups is 1. The van der Waals surface area contributed by atoms with Crippen LogP contribution in [0.15, 0.2) is 12.7 Å². The van der Waals surface area contributed by atoms with Crippen LogP contribution in [0.2, 0.25) is 0 Å². The fourth-order valence-electron chi connectivity index (χ4n) is 1.51. The van der Waals surface area contributed by atoms with Crippen molar-refractivity contribution in [3.05, 3.63) is 12.7 Å². The van der Waals surface area contributed by atoms with Crippen molar-refractivity contribution < 1.29 is 0 Å². The average molecular weight is 252 g/mol. The van der Waals surface area contributed by atoms with Gasteiger partial charge in [0.2, 0.25) is 0 Å². The third-order valence-electron chi connectivity index (χ3n) is 2.76. The molecule has 0 radical (unpaired) electrons. The van der Waals surface area contributed by atoms with Gasteiger partial charge >= 0.3 is 0 Å². The van der Waals surface area contributed by atoms with Crippen molar-refractivity contribution in [2.45, 2.75) is 18.8 Å². The number of nitrogens with zero attached hydrogens (tertiary/aromatic N) is 5. The van der Waals surface area contributed by atoms with E-state index >= 15 is 0 Å². The minimum atomic E-state index is 0.226. The molecule has 6 nitrogen and oxygen atoms in total. The van der Waals surface area contributed by atoms with E-state index in [0.29, 0.717) is 11.3 Å². The molecule has 0 bridgehead atoms. The number of likely N-dealkylation sites (N-methyl/N-ethyl adjacent to an activating group) is 1. The Hall–Kier alpha value is -1.34. The third-order valence-corrected chi connectivity index (χ3v) is 3.16. The van der Waals surface area contributed by atoms with Gasteiger partial charge in [-0.15, -0.1) is 0 Å². The Kier molecular flexibility index (Phi) is 3.49. The van der Waals surface area contributed by atoms with E-state index < -0.39 is 0 Å². The van der Waals surface area contributed by atoms with Gasteiger partial charge in [0.15, 0.2) is 11.5 Å². The first-order valence-electron chi connectivity index (χ1n) is 5.39. The quantitative estimate of drug-likeness (QED) is 0.616. The van der Waals surface area contributed by atoms with Gasteiger partial charge < -0.3 is 10.3 Å². The van der Waals surface area contributed by atoms with Crippen LogP contribution in [0.4, 0.5) is 5.82 Å². The Morgan fingerprint density at radius 1 is 1.47 bits per heavy atom. The summed E-state index contributed by atoms with van der Waals surface area (Å²) in [5.74, 6) is 0.421. The van der Waals surface area contributed by atoms with Gasteiger partial charge in [-0.1, -0.05) is 0 Å². The van der Waals surface area contributed by atoms with Crippen molar-refractivity contribution in [3.63, 3.8) is 0 Å². The molecule has 7 heteroatoms. The lowest BCUT2D eigenvalue weighted by molar-refractivity contribution is 0.315. The highest BCUT2D eigenvalue weighted by Crippen LogP contribution is 2.14. The van der Waals surface area contributed by atoms with Gasteiger partial charge in [-0.25, -0.2) is 15.0 Å². The second kappa shape index (κ2) is 4.89. The predicted molar refractivity (Wildman–Crippen MR) is 70.8 cm³/mol. The van der Waals surface area contributed by atoms with Crippen LogP contribution in [-0.2, 0) is 6.54 Å². The van der Waals surface area contributed by atoms with Crippen LogP contribution >= 0.6 is 12.6 Å². The number of nitrogens with two attached hydrogens (primary N) is 1. The van der Waals surface area contributed by atoms with Crippen LogP contribution in [0.3, 0.4) is 0 Å². The smallest absolute Gasteiger partial charge is 0.165 e. The SMILES string of the molecule is CC(S)N(C)CCn1cnc2c(N)ncnc21. The minimum Gasteiger partial charge on any atom is -0.382 e. The average Bonchev–Trinajstić information content (AvgIpc) is 2.70. The number of aromatic nitrogens is 4. The number of nitrogen functional groups attached to an aromatic ring is 1. The molecule has 2 rings (SSSR count). The molecule has 0 aliphatic rings. The predicted octanol–water partition coefficient (Wildman–Crippen LogP) is 0.616.